The van der Waals surface area contributed by atoms with E-state index in [1.807, 2.05) is 32.0 Å². The molecule has 4 aliphatic rings. The molecule has 0 N–H and O–H groups in total. The van der Waals surface area contributed by atoms with Gasteiger partial charge in [-0.05, 0) is 53.7 Å². The van der Waals surface area contributed by atoms with Crippen LogP contribution in [0.1, 0.15) is 38.8 Å². The van der Waals surface area contributed by atoms with Gasteiger partial charge in [-0.25, -0.2) is 0 Å². The lowest BCUT2D eigenvalue weighted by atomic mass is 9.64. The van der Waals surface area contributed by atoms with Crippen molar-refractivity contribution in [2.45, 2.75) is 59.9 Å². The quantitative estimate of drug-likeness (QED) is 0.351. The molecule has 2 aliphatic carbocycles. The number of rotatable bonds is 2. The van der Waals surface area contributed by atoms with Crippen molar-refractivity contribution in [3.8, 4) is 0 Å². The number of thioether (sulfide) groups is 2. The highest BCUT2D eigenvalue weighted by molar-refractivity contribution is 8.12. The Kier molecular flexibility index (Phi) is 4.77. The Bertz CT molecular complexity index is 1420. The maximum absolute atomic E-state index is 15.7. The Morgan fingerprint density at radius 2 is 1.25 bits per heavy atom. The molecule has 0 bridgehead atoms. The number of hydrogen-bond acceptors (Lipinski definition) is 2. The summed E-state index contributed by atoms with van der Waals surface area (Å²) < 4.78 is 90.5. The minimum absolute atomic E-state index is 0.0733. The van der Waals surface area contributed by atoms with Crippen LogP contribution in [-0.2, 0) is 0 Å². The summed E-state index contributed by atoms with van der Waals surface area (Å²) in [5, 5.41) is 0. The van der Waals surface area contributed by atoms with Crippen LogP contribution in [-0.4, -0.2) is 27.3 Å². The van der Waals surface area contributed by atoms with Crippen molar-refractivity contribution in [3.05, 3.63) is 88.0 Å². The van der Waals surface area contributed by atoms with Crippen LogP contribution in [0.25, 0.3) is 10.5 Å². The van der Waals surface area contributed by atoms with Crippen molar-refractivity contribution in [3.63, 3.8) is 0 Å². The lowest BCUT2D eigenvalue weighted by molar-refractivity contribution is -0.257. The number of allylic oxidation sites excluding steroid dienone is 3. The van der Waals surface area contributed by atoms with Gasteiger partial charge < -0.3 is 0 Å². The third kappa shape index (κ3) is 2.44. The standard InChI is InChI=1S/C28H22F6S2/c1-14(2)25-20(17-12-8-9-13-18(17)35-25)22-21(26(29,30)28(33,34)27(22,31)32)19-15(3)23(36-24(19,25)4)16-10-6-5-7-11-16/h5-14H,1-4H3/t24-,25-/m1/s1. The molecule has 0 nitrogen and oxygen atoms in total. The highest BCUT2D eigenvalue weighted by atomic mass is 32.2. The van der Waals surface area contributed by atoms with E-state index in [1.54, 1.807) is 50.2 Å². The Balaban J connectivity index is 1.82. The highest BCUT2D eigenvalue weighted by Gasteiger charge is 2.85. The normalized spacial score (nSPS) is 31.1. The van der Waals surface area contributed by atoms with Crippen LogP contribution in [0.4, 0.5) is 26.3 Å². The lowest BCUT2D eigenvalue weighted by Crippen LogP contribution is -2.53. The van der Waals surface area contributed by atoms with E-state index in [2.05, 4.69) is 0 Å². The van der Waals surface area contributed by atoms with Crippen LogP contribution < -0.4 is 0 Å². The van der Waals surface area contributed by atoms with Gasteiger partial charge in [-0.1, -0.05) is 62.4 Å². The smallest absolute Gasteiger partial charge is 0.194 e. The Hall–Kier alpha value is -2.06. The topological polar surface area (TPSA) is 0 Å². The van der Waals surface area contributed by atoms with Crippen molar-refractivity contribution in [2.75, 3.05) is 0 Å². The number of halogens is 6. The first kappa shape index (κ1) is 24.3. The summed E-state index contributed by atoms with van der Waals surface area (Å²) in [6, 6.07) is 15.8. The molecule has 0 aromatic heterocycles. The van der Waals surface area contributed by atoms with Gasteiger partial charge in [0.2, 0.25) is 0 Å². The van der Waals surface area contributed by atoms with Gasteiger partial charge in [-0.3, -0.25) is 0 Å². The first-order chi connectivity index (χ1) is 16.7. The summed E-state index contributed by atoms with van der Waals surface area (Å²) in [5.41, 5.74) is -1.11. The van der Waals surface area contributed by atoms with Gasteiger partial charge in [0.05, 0.1) is 9.49 Å². The molecular formula is C28H22F6S2. The summed E-state index contributed by atoms with van der Waals surface area (Å²) in [6.45, 7) is 7.07. The van der Waals surface area contributed by atoms with E-state index in [4.69, 9.17) is 0 Å². The van der Waals surface area contributed by atoms with E-state index in [0.717, 1.165) is 5.56 Å². The Morgan fingerprint density at radius 1 is 0.694 bits per heavy atom. The number of alkyl halides is 6. The lowest BCUT2D eigenvalue weighted by Gasteiger charge is -2.52. The summed E-state index contributed by atoms with van der Waals surface area (Å²) in [6.07, 6.45) is 0. The van der Waals surface area contributed by atoms with Gasteiger partial charge in [-0.15, -0.1) is 23.5 Å². The maximum Gasteiger partial charge on any atom is 0.380 e. The molecule has 2 aliphatic heterocycles. The fourth-order valence-electron chi connectivity index (χ4n) is 6.55. The zero-order valence-corrected chi connectivity index (χ0v) is 21.5. The number of benzene rings is 2. The molecule has 2 heterocycles. The molecule has 1 fully saturated rings. The second-order valence-electron chi connectivity index (χ2n) is 10.2. The SMILES string of the molecule is CC1=C(c2ccccc2)S[C@]2(C)C1=C1C(=C3c4ccccc4S[C@]32C(C)C)C(F)(F)C(F)(F)C1(F)F. The van der Waals surface area contributed by atoms with Crippen molar-refractivity contribution < 1.29 is 26.3 Å². The molecule has 2 atom stereocenters. The molecule has 6 rings (SSSR count). The second kappa shape index (κ2) is 7.07. The van der Waals surface area contributed by atoms with Crippen molar-refractivity contribution in [2.24, 2.45) is 5.92 Å². The zero-order valence-electron chi connectivity index (χ0n) is 19.9. The molecule has 2 aromatic rings. The van der Waals surface area contributed by atoms with Gasteiger partial charge >= 0.3 is 17.8 Å². The van der Waals surface area contributed by atoms with Gasteiger partial charge in [0.1, 0.15) is 0 Å². The molecule has 0 amide bonds. The highest BCUT2D eigenvalue weighted by Crippen LogP contribution is 2.79. The minimum Gasteiger partial charge on any atom is -0.194 e. The summed E-state index contributed by atoms with van der Waals surface area (Å²) in [4.78, 5) is 1.28. The molecule has 188 valence electrons. The molecule has 36 heavy (non-hydrogen) atoms. The predicted octanol–water partition coefficient (Wildman–Crippen LogP) is 9.11. The Labute approximate surface area is 213 Å². The fourth-order valence-corrected chi connectivity index (χ4v) is 10.2. The van der Waals surface area contributed by atoms with Gasteiger partial charge in [0, 0.05) is 20.9 Å². The number of fused-ring (bicyclic) bond motifs is 6. The average molecular weight is 537 g/mol. The fraction of sp³-hybridized carbons (Fsp3) is 0.357. The van der Waals surface area contributed by atoms with Gasteiger partial charge in [0.15, 0.2) is 0 Å². The van der Waals surface area contributed by atoms with E-state index in [1.165, 1.54) is 23.5 Å². The van der Waals surface area contributed by atoms with Gasteiger partial charge in [-0.2, -0.15) is 26.3 Å². The van der Waals surface area contributed by atoms with Crippen LogP contribution in [0.15, 0.2) is 81.8 Å². The van der Waals surface area contributed by atoms with Crippen LogP contribution in [0, 0.1) is 5.92 Å². The van der Waals surface area contributed by atoms with Gasteiger partial charge in [0.25, 0.3) is 0 Å². The minimum atomic E-state index is -5.55. The first-order valence-corrected chi connectivity index (χ1v) is 13.3. The Morgan fingerprint density at radius 3 is 1.86 bits per heavy atom. The van der Waals surface area contributed by atoms with Crippen molar-refractivity contribution in [1.29, 1.82) is 0 Å². The van der Waals surface area contributed by atoms with E-state index in [-0.39, 0.29) is 17.1 Å². The largest absolute Gasteiger partial charge is 0.380 e. The van der Waals surface area contributed by atoms with Crippen LogP contribution >= 0.6 is 23.5 Å². The van der Waals surface area contributed by atoms with Crippen LogP contribution in [0.5, 0.6) is 0 Å². The van der Waals surface area contributed by atoms with E-state index >= 15 is 26.3 Å². The number of hydrogen-bond donors (Lipinski definition) is 0. The van der Waals surface area contributed by atoms with Crippen molar-refractivity contribution >= 4 is 34.0 Å². The summed E-state index contributed by atoms with van der Waals surface area (Å²) in [7, 11) is 0. The van der Waals surface area contributed by atoms with E-state index < -0.39 is 38.4 Å². The predicted molar refractivity (Wildman–Crippen MR) is 134 cm³/mol. The monoisotopic (exact) mass is 536 g/mol. The molecule has 0 radical (unpaired) electrons. The third-order valence-corrected chi connectivity index (χ3v) is 11.8. The van der Waals surface area contributed by atoms with E-state index in [0.29, 0.717) is 20.9 Å². The van der Waals surface area contributed by atoms with Crippen molar-refractivity contribution in [1.82, 2.24) is 0 Å². The molecule has 0 saturated heterocycles. The molecule has 8 heteroatoms. The maximum atomic E-state index is 15.7. The molecule has 2 aromatic carbocycles. The van der Waals surface area contributed by atoms with Crippen LogP contribution in [0.3, 0.4) is 0 Å². The third-order valence-electron chi connectivity index (χ3n) is 8.02. The first-order valence-electron chi connectivity index (χ1n) is 11.6. The molecular weight excluding hydrogens is 514 g/mol. The molecule has 0 unspecified atom stereocenters. The zero-order chi connectivity index (χ0) is 26.1. The van der Waals surface area contributed by atoms with E-state index in [9.17, 15) is 0 Å². The molecule has 1 saturated carbocycles. The average Bonchev–Trinajstić information content (AvgIpc) is 3.35. The van der Waals surface area contributed by atoms with Crippen LogP contribution in [0.2, 0.25) is 0 Å². The second-order valence-corrected chi connectivity index (χ2v) is 12.9. The summed E-state index contributed by atoms with van der Waals surface area (Å²) >= 11 is 2.66. The summed E-state index contributed by atoms with van der Waals surface area (Å²) in [5.74, 6) is -16.0. The molecule has 0 spiro atoms.